The minimum absolute atomic E-state index is 0. The normalized spacial score (nSPS) is 8.85. The van der Waals surface area contributed by atoms with Gasteiger partial charge in [0.15, 0.2) is 0 Å². The van der Waals surface area contributed by atoms with E-state index in [0.29, 0.717) is 5.56 Å². The van der Waals surface area contributed by atoms with Gasteiger partial charge in [-0.05, 0) is 12.1 Å². The van der Waals surface area contributed by atoms with Crippen molar-refractivity contribution in [3.8, 4) is 6.07 Å². The first-order valence-corrected chi connectivity index (χ1v) is 3.65. The molecule has 1 aromatic carbocycles. The van der Waals surface area contributed by atoms with Crippen LogP contribution in [0.1, 0.15) is 13.0 Å². The highest BCUT2D eigenvalue weighted by Gasteiger charge is 1.94. The van der Waals surface area contributed by atoms with E-state index in [1.54, 1.807) is 6.20 Å². The lowest BCUT2D eigenvalue weighted by atomic mass is 10.2. The van der Waals surface area contributed by atoms with Crippen LogP contribution >= 0.6 is 0 Å². The highest BCUT2D eigenvalue weighted by atomic mass is 14.6. The van der Waals surface area contributed by atoms with Crippen LogP contribution in [-0.2, 0) is 0 Å². The number of fused-ring (bicyclic) bond motifs is 1. The summed E-state index contributed by atoms with van der Waals surface area (Å²) < 4.78 is 0. The third-order valence-electron chi connectivity index (χ3n) is 1.72. The van der Waals surface area contributed by atoms with Gasteiger partial charge in [-0.25, -0.2) is 0 Å². The van der Waals surface area contributed by atoms with Gasteiger partial charge in [-0.1, -0.05) is 25.6 Å². The molecule has 0 radical (unpaired) electrons. The molecule has 0 atom stereocenters. The number of para-hydroxylation sites is 1. The Morgan fingerprint density at radius 2 is 2.00 bits per heavy atom. The zero-order valence-electron chi connectivity index (χ0n) is 6.36. The summed E-state index contributed by atoms with van der Waals surface area (Å²) in [5.74, 6) is 0. The molecule has 1 aromatic heterocycles. The second-order valence-corrected chi connectivity index (χ2v) is 2.53. The zero-order valence-corrected chi connectivity index (χ0v) is 6.36. The topological polar surface area (TPSA) is 36.7 Å². The van der Waals surface area contributed by atoms with E-state index in [4.69, 9.17) is 5.26 Å². The van der Waals surface area contributed by atoms with Crippen molar-refractivity contribution in [1.29, 1.82) is 5.26 Å². The van der Waals surface area contributed by atoms with Crippen LogP contribution in [0, 0.1) is 11.3 Å². The van der Waals surface area contributed by atoms with Gasteiger partial charge in [-0.3, -0.25) is 4.98 Å². The maximum absolute atomic E-state index is 8.61. The summed E-state index contributed by atoms with van der Waals surface area (Å²) in [6.07, 6.45) is 1.59. The van der Waals surface area contributed by atoms with E-state index >= 15 is 0 Å². The molecule has 13 heavy (non-hydrogen) atoms. The van der Waals surface area contributed by atoms with Gasteiger partial charge >= 0.3 is 0 Å². The first kappa shape index (κ1) is 9.21. The minimum Gasteiger partial charge on any atom is -0.255 e. The van der Waals surface area contributed by atoms with Crippen molar-refractivity contribution < 1.29 is 0 Å². The number of nitriles is 1. The Bertz CT molecular complexity index is 455. The lowest BCUT2D eigenvalue weighted by Gasteiger charge is -1.94. The second-order valence-electron chi connectivity index (χ2n) is 2.53. The van der Waals surface area contributed by atoms with Crippen LogP contribution < -0.4 is 0 Å². The van der Waals surface area contributed by atoms with Gasteiger partial charge in [0.05, 0.1) is 11.1 Å². The SMILES string of the molecule is C.N#Cc1cnc2ccccc2c1. The van der Waals surface area contributed by atoms with Crippen LogP contribution in [0.4, 0.5) is 0 Å². The summed E-state index contributed by atoms with van der Waals surface area (Å²) in [5.41, 5.74) is 1.53. The summed E-state index contributed by atoms with van der Waals surface area (Å²) in [7, 11) is 0. The molecule has 0 aliphatic carbocycles. The lowest BCUT2D eigenvalue weighted by molar-refractivity contribution is 1.37. The van der Waals surface area contributed by atoms with Crippen LogP contribution in [0.2, 0.25) is 0 Å². The van der Waals surface area contributed by atoms with E-state index in [2.05, 4.69) is 11.1 Å². The monoisotopic (exact) mass is 170 g/mol. The molecular weight excluding hydrogens is 160 g/mol. The number of benzene rings is 1. The fourth-order valence-corrected chi connectivity index (χ4v) is 1.13. The average Bonchev–Trinajstić information content (AvgIpc) is 2.17. The Kier molecular flexibility index (Phi) is 2.61. The number of nitrogens with zero attached hydrogens (tertiary/aromatic N) is 2. The second kappa shape index (κ2) is 3.68. The molecule has 2 nitrogen and oxygen atoms in total. The molecule has 64 valence electrons. The molecule has 2 rings (SSSR count). The van der Waals surface area contributed by atoms with Gasteiger partial charge < -0.3 is 0 Å². The predicted molar refractivity (Wildman–Crippen MR) is 53.2 cm³/mol. The Morgan fingerprint density at radius 1 is 1.23 bits per heavy atom. The first-order chi connectivity index (χ1) is 5.90. The van der Waals surface area contributed by atoms with Crippen LogP contribution in [-0.4, -0.2) is 4.98 Å². The maximum Gasteiger partial charge on any atom is 0.101 e. The van der Waals surface area contributed by atoms with Crippen molar-refractivity contribution in [2.45, 2.75) is 7.43 Å². The first-order valence-electron chi connectivity index (χ1n) is 3.65. The Hall–Kier alpha value is -1.88. The summed E-state index contributed by atoms with van der Waals surface area (Å²) in [4.78, 5) is 4.13. The molecule has 0 N–H and O–H groups in total. The van der Waals surface area contributed by atoms with Crippen LogP contribution in [0.25, 0.3) is 10.9 Å². The Labute approximate surface area is 77.5 Å². The fraction of sp³-hybridized carbons (Fsp3) is 0.0909. The Balaban J connectivity index is 0.000000845. The van der Waals surface area contributed by atoms with Gasteiger partial charge in [0.2, 0.25) is 0 Å². The molecule has 0 unspecified atom stereocenters. The highest BCUT2D eigenvalue weighted by Crippen LogP contribution is 2.11. The van der Waals surface area contributed by atoms with Crippen LogP contribution in [0.3, 0.4) is 0 Å². The number of hydrogen-bond acceptors (Lipinski definition) is 2. The Morgan fingerprint density at radius 3 is 2.77 bits per heavy atom. The molecule has 0 spiro atoms. The third-order valence-corrected chi connectivity index (χ3v) is 1.72. The van der Waals surface area contributed by atoms with Crippen molar-refractivity contribution in [1.82, 2.24) is 4.98 Å². The number of rotatable bonds is 0. The predicted octanol–water partition coefficient (Wildman–Crippen LogP) is 2.74. The lowest BCUT2D eigenvalue weighted by Crippen LogP contribution is -1.80. The minimum atomic E-state index is 0. The summed E-state index contributed by atoms with van der Waals surface area (Å²) in [5, 5.41) is 9.62. The van der Waals surface area contributed by atoms with Crippen molar-refractivity contribution in [3.05, 3.63) is 42.1 Å². The van der Waals surface area contributed by atoms with E-state index in [1.807, 2.05) is 30.3 Å². The quantitative estimate of drug-likeness (QED) is 0.609. The molecule has 1 heterocycles. The van der Waals surface area contributed by atoms with E-state index in [9.17, 15) is 0 Å². The van der Waals surface area contributed by atoms with Crippen LogP contribution in [0.5, 0.6) is 0 Å². The summed E-state index contributed by atoms with van der Waals surface area (Å²) >= 11 is 0. The molecule has 0 saturated heterocycles. The van der Waals surface area contributed by atoms with E-state index in [1.165, 1.54) is 0 Å². The van der Waals surface area contributed by atoms with Gasteiger partial charge in [0, 0.05) is 11.6 Å². The molecule has 0 aliphatic rings. The number of hydrogen-bond donors (Lipinski definition) is 0. The maximum atomic E-state index is 8.61. The smallest absolute Gasteiger partial charge is 0.101 e. The highest BCUT2D eigenvalue weighted by molar-refractivity contribution is 5.79. The molecular formula is C11H10N2. The molecule has 0 bridgehead atoms. The van der Waals surface area contributed by atoms with Gasteiger partial charge in [0.1, 0.15) is 6.07 Å². The number of pyridine rings is 1. The van der Waals surface area contributed by atoms with Crippen LogP contribution in [0.15, 0.2) is 36.5 Å². The van der Waals surface area contributed by atoms with Crippen molar-refractivity contribution in [2.75, 3.05) is 0 Å². The largest absolute Gasteiger partial charge is 0.255 e. The molecule has 0 amide bonds. The average molecular weight is 170 g/mol. The molecule has 2 aromatic rings. The van der Waals surface area contributed by atoms with Gasteiger partial charge in [-0.2, -0.15) is 5.26 Å². The summed E-state index contributed by atoms with van der Waals surface area (Å²) in [6, 6.07) is 11.6. The fourth-order valence-electron chi connectivity index (χ4n) is 1.13. The van der Waals surface area contributed by atoms with Crippen molar-refractivity contribution in [3.63, 3.8) is 0 Å². The third kappa shape index (κ3) is 1.65. The zero-order chi connectivity index (χ0) is 8.39. The van der Waals surface area contributed by atoms with Gasteiger partial charge in [0.25, 0.3) is 0 Å². The molecule has 0 fully saturated rings. The molecule has 0 aliphatic heterocycles. The summed E-state index contributed by atoms with van der Waals surface area (Å²) in [6.45, 7) is 0. The standard InChI is InChI=1S/C10H6N2.CH4/c11-6-8-5-9-3-1-2-4-10(9)12-7-8;/h1-5,7H;1H4. The van der Waals surface area contributed by atoms with Crippen molar-refractivity contribution in [2.24, 2.45) is 0 Å². The molecule has 0 saturated carbocycles. The van der Waals surface area contributed by atoms with E-state index in [-0.39, 0.29) is 7.43 Å². The van der Waals surface area contributed by atoms with E-state index in [0.717, 1.165) is 10.9 Å². The van der Waals surface area contributed by atoms with Crippen molar-refractivity contribution >= 4 is 10.9 Å². The van der Waals surface area contributed by atoms with E-state index < -0.39 is 0 Å². The van der Waals surface area contributed by atoms with Gasteiger partial charge in [-0.15, -0.1) is 0 Å². The molecule has 2 heteroatoms. The number of aromatic nitrogens is 1.